The first-order valence-corrected chi connectivity index (χ1v) is 13.6. The molecule has 26 heteroatoms. The van der Waals surface area contributed by atoms with Gasteiger partial charge >= 0.3 is 98.3 Å². The van der Waals surface area contributed by atoms with Crippen molar-refractivity contribution in [2.75, 3.05) is 0 Å². The minimum absolute atomic E-state index is 0. The zero-order chi connectivity index (χ0) is 20.5. The first kappa shape index (κ1) is 30.7. The molecule has 0 radical (unpaired) electrons. The molecule has 0 aliphatic carbocycles. The summed E-state index contributed by atoms with van der Waals surface area (Å²) >= 11 is 0. The SMILES string of the molecule is O=P(O)(O)OP(=O)(O)OP(=O)(O)OP(=O)(O)OP(=O)(O)OP(=O)(O)O.[H-].[K+]. The van der Waals surface area contributed by atoms with Crippen LogP contribution < -0.4 is 51.4 Å². The molecule has 0 saturated carbocycles. The molecule has 0 aliphatic heterocycles. The van der Waals surface area contributed by atoms with E-state index in [0.717, 1.165) is 0 Å². The van der Waals surface area contributed by atoms with Crippen molar-refractivity contribution in [2.45, 2.75) is 0 Å². The monoisotopic (exact) mass is 538 g/mol. The fourth-order valence-electron chi connectivity index (χ4n) is 0.720. The summed E-state index contributed by atoms with van der Waals surface area (Å²) in [7, 11) is -36.2. The Morgan fingerprint density at radius 2 is 0.577 bits per heavy atom. The Kier molecular flexibility index (Phi) is 12.0. The van der Waals surface area contributed by atoms with E-state index < -0.39 is 46.9 Å². The topological polar surface area (TPSA) is 310 Å². The first-order valence-electron chi connectivity index (χ1n) is 4.52. The summed E-state index contributed by atoms with van der Waals surface area (Å²) in [5.74, 6) is 0. The molecular formula is H9KO19P6. The maximum atomic E-state index is 11.2. The predicted molar refractivity (Wildman–Crippen MR) is 69.9 cm³/mol. The molecule has 8 N–H and O–H groups in total. The van der Waals surface area contributed by atoms with Gasteiger partial charge in [0, 0.05) is 0 Å². The Hall–Kier alpha value is 2.50. The fourth-order valence-corrected chi connectivity index (χ4v) is 7.55. The quantitative estimate of drug-likeness (QED) is 0.100. The van der Waals surface area contributed by atoms with E-state index in [4.69, 9.17) is 39.1 Å². The molecule has 26 heavy (non-hydrogen) atoms. The molecular weight excluding hydrogens is 529 g/mol. The van der Waals surface area contributed by atoms with Crippen molar-refractivity contribution < 1.29 is 141 Å². The molecule has 4 atom stereocenters. The van der Waals surface area contributed by atoms with Gasteiger partial charge in [-0.05, 0) is 0 Å². The fraction of sp³-hybridized carbons (Fsp3) is 0. The number of hydrogen-bond acceptors (Lipinski definition) is 11. The van der Waals surface area contributed by atoms with E-state index in [1.807, 2.05) is 0 Å². The summed E-state index contributed by atoms with van der Waals surface area (Å²) in [4.78, 5) is 68.1. The smallest absolute Gasteiger partial charge is 1.00 e. The molecule has 0 fully saturated rings. The predicted octanol–water partition coefficient (Wildman–Crippen LogP) is -3.23. The molecule has 0 saturated heterocycles. The van der Waals surface area contributed by atoms with Crippen molar-refractivity contribution in [1.82, 2.24) is 0 Å². The summed E-state index contributed by atoms with van der Waals surface area (Å²) in [6, 6.07) is 0. The van der Waals surface area contributed by atoms with E-state index in [9.17, 15) is 27.4 Å². The molecule has 0 aromatic carbocycles. The maximum Gasteiger partial charge on any atom is 1.00 e. The van der Waals surface area contributed by atoms with Crippen molar-refractivity contribution in [1.29, 1.82) is 0 Å². The van der Waals surface area contributed by atoms with E-state index >= 15 is 0 Å². The van der Waals surface area contributed by atoms with Gasteiger partial charge in [0.2, 0.25) is 0 Å². The summed E-state index contributed by atoms with van der Waals surface area (Å²) < 4.78 is 80.4. The van der Waals surface area contributed by atoms with Crippen LogP contribution in [-0.4, -0.2) is 39.1 Å². The third-order valence-corrected chi connectivity index (χ3v) is 9.34. The van der Waals surface area contributed by atoms with Gasteiger partial charge in [0.1, 0.15) is 0 Å². The largest absolute Gasteiger partial charge is 1.00 e. The molecule has 0 spiro atoms. The summed E-state index contributed by atoms with van der Waals surface area (Å²) in [5, 5.41) is 0. The zero-order valence-electron chi connectivity index (χ0n) is 12.8. The molecule has 0 rings (SSSR count). The van der Waals surface area contributed by atoms with Gasteiger partial charge in [0.05, 0.1) is 0 Å². The molecule has 154 valence electrons. The van der Waals surface area contributed by atoms with Crippen LogP contribution in [0.1, 0.15) is 1.43 Å². The standard InChI is InChI=1S/K.H8O19P6.H/c;1-20(2,3)15-22(7,8)17-24(11,12)19-25(13,14)18-23(9,10)16-21(4,5)6;/h;(H,7,8)(H,9,10)(H,11,12)(H,13,14)(H2,1,2,3)(H2,4,5,6);/q+1;;-1. The van der Waals surface area contributed by atoms with E-state index in [1.54, 1.807) is 0 Å². The van der Waals surface area contributed by atoms with Crippen LogP contribution in [-0.2, 0) is 48.9 Å². The Morgan fingerprint density at radius 3 is 0.731 bits per heavy atom. The summed E-state index contributed by atoms with van der Waals surface area (Å²) in [5.41, 5.74) is 0. The minimum Gasteiger partial charge on any atom is -1.00 e. The second-order valence-corrected chi connectivity index (χ2v) is 12.2. The molecule has 0 aromatic rings. The molecule has 0 bridgehead atoms. The van der Waals surface area contributed by atoms with E-state index in [0.29, 0.717) is 0 Å². The maximum absolute atomic E-state index is 11.2. The summed E-state index contributed by atoms with van der Waals surface area (Å²) in [6.07, 6.45) is 0. The number of rotatable bonds is 10. The van der Waals surface area contributed by atoms with Gasteiger partial charge in [-0.15, -0.1) is 0 Å². The minimum atomic E-state index is -6.26. The molecule has 0 aromatic heterocycles. The van der Waals surface area contributed by atoms with Gasteiger partial charge in [0.15, 0.2) is 0 Å². The Labute approximate surface area is 186 Å². The van der Waals surface area contributed by atoms with Crippen molar-refractivity contribution >= 4 is 46.9 Å². The Morgan fingerprint density at radius 1 is 0.423 bits per heavy atom. The molecule has 0 amide bonds. The average Bonchev–Trinajstić information content (AvgIpc) is 1.97. The molecule has 4 unspecified atom stereocenters. The van der Waals surface area contributed by atoms with Crippen LogP contribution in [0.4, 0.5) is 0 Å². The van der Waals surface area contributed by atoms with E-state index in [2.05, 4.69) is 21.6 Å². The molecule has 19 nitrogen and oxygen atoms in total. The van der Waals surface area contributed by atoms with Crippen LogP contribution in [0.2, 0.25) is 0 Å². The van der Waals surface area contributed by atoms with Gasteiger partial charge in [-0.1, -0.05) is 0 Å². The van der Waals surface area contributed by atoms with Crippen LogP contribution in [0.25, 0.3) is 0 Å². The van der Waals surface area contributed by atoms with Gasteiger partial charge < -0.3 is 40.6 Å². The zero-order valence-corrected chi connectivity index (χ0v) is 20.2. The third-order valence-electron chi connectivity index (χ3n) is 1.04. The Bertz CT molecular complexity index is 703. The van der Waals surface area contributed by atoms with Crippen molar-refractivity contribution in [3.8, 4) is 0 Å². The van der Waals surface area contributed by atoms with Crippen LogP contribution in [0.3, 0.4) is 0 Å². The van der Waals surface area contributed by atoms with E-state index in [-0.39, 0.29) is 52.8 Å². The third kappa shape index (κ3) is 16.3. The van der Waals surface area contributed by atoms with Crippen molar-refractivity contribution in [3.63, 3.8) is 0 Å². The molecule has 0 aliphatic rings. The molecule has 0 heterocycles. The number of hydrogen-bond donors (Lipinski definition) is 8. The average molecular weight is 538 g/mol. The van der Waals surface area contributed by atoms with Gasteiger partial charge in [-0.3, -0.25) is 0 Å². The Balaban J connectivity index is -0.00000288. The number of phosphoric acid groups is 6. The van der Waals surface area contributed by atoms with Crippen LogP contribution >= 0.6 is 46.9 Å². The van der Waals surface area contributed by atoms with Crippen LogP contribution in [0, 0.1) is 0 Å². The van der Waals surface area contributed by atoms with Gasteiger partial charge in [0.25, 0.3) is 0 Å². The van der Waals surface area contributed by atoms with E-state index in [1.165, 1.54) is 0 Å². The van der Waals surface area contributed by atoms with Gasteiger partial charge in [-0.2, -0.15) is 21.6 Å². The van der Waals surface area contributed by atoms with Crippen molar-refractivity contribution in [3.05, 3.63) is 0 Å². The second-order valence-electron chi connectivity index (χ2n) is 3.26. The summed E-state index contributed by atoms with van der Waals surface area (Å²) in [6.45, 7) is 0. The van der Waals surface area contributed by atoms with Crippen LogP contribution in [0.15, 0.2) is 0 Å². The normalized spacial score (nSPS) is 22.2. The van der Waals surface area contributed by atoms with Gasteiger partial charge in [-0.25, -0.2) is 27.4 Å². The second kappa shape index (κ2) is 10.2. The first-order chi connectivity index (χ1) is 10.5. The van der Waals surface area contributed by atoms with Crippen molar-refractivity contribution in [2.24, 2.45) is 0 Å². The van der Waals surface area contributed by atoms with Crippen LogP contribution in [0.5, 0.6) is 0 Å².